The Labute approximate surface area is 154 Å². The Kier molecular flexibility index (Phi) is 4.29. The molecule has 1 N–H and O–H groups in total. The highest BCUT2D eigenvalue weighted by molar-refractivity contribution is 6.06. The van der Waals surface area contributed by atoms with Crippen molar-refractivity contribution >= 4 is 16.7 Å². The van der Waals surface area contributed by atoms with Gasteiger partial charge in [0.1, 0.15) is 5.69 Å². The quantitative estimate of drug-likeness (QED) is 0.856. The highest BCUT2D eigenvalue weighted by Crippen LogP contribution is 2.35. The number of aromatic amines is 1. The van der Waals surface area contributed by atoms with Gasteiger partial charge in [0.05, 0.1) is 5.52 Å². The number of Topliss-reactive ketones (excluding diaryl/α,β-unsaturated/α-hetero) is 1. The third-order valence-corrected chi connectivity index (χ3v) is 6.78. The number of piperidine rings is 3. The Hall–Kier alpha value is -1.72. The van der Waals surface area contributed by atoms with Crippen LogP contribution in [0.15, 0.2) is 18.2 Å². The lowest BCUT2D eigenvalue weighted by Gasteiger charge is -2.44. The van der Waals surface area contributed by atoms with Gasteiger partial charge in [-0.2, -0.15) is 5.10 Å². The summed E-state index contributed by atoms with van der Waals surface area (Å²) in [6.07, 6.45) is 5.28. The van der Waals surface area contributed by atoms with Crippen molar-refractivity contribution in [3.05, 3.63) is 29.5 Å². The molecular formula is C21H27N3O2. The fraction of sp³-hybridized carbons (Fsp3) is 0.619. The van der Waals surface area contributed by atoms with Crippen molar-refractivity contribution < 1.29 is 9.53 Å². The van der Waals surface area contributed by atoms with E-state index >= 15 is 0 Å². The summed E-state index contributed by atoms with van der Waals surface area (Å²) in [5, 5.41) is 8.46. The molecule has 0 aliphatic carbocycles. The standard InChI is InChI=1S/C21H27N3O2/c25-20(12-17-13-24-7-3-14(17)4-8-24)21-18-11-16(1-2-19(18)22-23-21)15-5-9-26-10-6-15/h1-2,11,14-15,17H,3-10,12-13H2,(H,22,23)/t17-/m0/s1. The maximum atomic E-state index is 13.0. The largest absolute Gasteiger partial charge is 0.381 e. The van der Waals surface area contributed by atoms with Gasteiger partial charge in [0.15, 0.2) is 5.78 Å². The van der Waals surface area contributed by atoms with Crippen LogP contribution in [-0.4, -0.2) is 53.7 Å². The predicted molar refractivity (Wildman–Crippen MR) is 100 cm³/mol. The SMILES string of the molecule is O=C(C[C@H]1CN2CCC1CC2)c1n[nH]c2ccc(C3CCOCC3)cc12. The van der Waals surface area contributed by atoms with Gasteiger partial charge < -0.3 is 9.64 Å². The molecule has 0 spiro atoms. The monoisotopic (exact) mass is 353 g/mol. The number of ether oxygens (including phenoxy) is 1. The van der Waals surface area contributed by atoms with Gasteiger partial charge in [-0.1, -0.05) is 6.07 Å². The van der Waals surface area contributed by atoms with Gasteiger partial charge in [-0.25, -0.2) is 0 Å². The van der Waals surface area contributed by atoms with Crippen molar-refractivity contribution in [3.8, 4) is 0 Å². The second-order valence-electron chi connectivity index (χ2n) is 8.29. The lowest BCUT2D eigenvalue weighted by molar-refractivity contribution is 0.0440. The summed E-state index contributed by atoms with van der Waals surface area (Å²) in [5.41, 5.74) is 2.93. The Bertz CT molecular complexity index is 801. The Morgan fingerprint density at radius 1 is 1.19 bits per heavy atom. The molecule has 5 heterocycles. The molecule has 0 amide bonds. The van der Waals surface area contributed by atoms with Crippen LogP contribution in [0.25, 0.3) is 10.9 Å². The molecule has 2 bridgehead atoms. The van der Waals surface area contributed by atoms with Crippen molar-refractivity contribution in [3.63, 3.8) is 0 Å². The minimum atomic E-state index is 0.208. The second kappa shape index (κ2) is 6.78. The van der Waals surface area contributed by atoms with Crippen molar-refractivity contribution in [1.82, 2.24) is 15.1 Å². The summed E-state index contributed by atoms with van der Waals surface area (Å²) in [7, 11) is 0. The van der Waals surface area contributed by atoms with Gasteiger partial charge >= 0.3 is 0 Å². The first-order chi connectivity index (χ1) is 12.8. The number of rotatable bonds is 4. The van der Waals surface area contributed by atoms with Crippen LogP contribution in [0.4, 0.5) is 0 Å². The number of nitrogens with one attached hydrogen (secondary N) is 1. The zero-order valence-corrected chi connectivity index (χ0v) is 15.2. The molecule has 0 saturated carbocycles. The van der Waals surface area contributed by atoms with Crippen LogP contribution in [0.5, 0.6) is 0 Å². The molecule has 4 aliphatic rings. The molecule has 26 heavy (non-hydrogen) atoms. The summed E-state index contributed by atoms with van der Waals surface area (Å²) >= 11 is 0. The molecule has 1 aromatic heterocycles. The van der Waals surface area contributed by atoms with E-state index in [-0.39, 0.29) is 5.78 Å². The van der Waals surface area contributed by atoms with E-state index in [1.165, 1.54) is 31.5 Å². The fourth-order valence-corrected chi connectivity index (χ4v) is 5.18. The van der Waals surface area contributed by atoms with Gasteiger partial charge in [-0.05, 0) is 74.2 Å². The summed E-state index contributed by atoms with van der Waals surface area (Å²) < 4.78 is 5.49. The average Bonchev–Trinajstić information content (AvgIpc) is 3.13. The van der Waals surface area contributed by atoms with E-state index < -0.39 is 0 Å². The number of aromatic nitrogens is 2. The predicted octanol–water partition coefficient (Wildman–Crippen LogP) is 3.37. The van der Waals surface area contributed by atoms with Crippen LogP contribution in [0.3, 0.4) is 0 Å². The molecule has 2 aromatic rings. The molecule has 5 nitrogen and oxygen atoms in total. The fourth-order valence-electron chi connectivity index (χ4n) is 5.18. The highest BCUT2D eigenvalue weighted by atomic mass is 16.5. The Balaban J connectivity index is 1.38. The van der Waals surface area contributed by atoms with E-state index in [1.807, 2.05) is 0 Å². The molecule has 4 saturated heterocycles. The molecule has 1 aromatic carbocycles. The maximum Gasteiger partial charge on any atom is 0.184 e. The summed E-state index contributed by atoms with van der Waals surface area (Å²) in [6.45, 7) is 5.19. The Morgan fingerprint density at radius 3 is 2.73 bits per heavy atom. The molecule has 0 radical (unpaired) electrons. The minimum absolute atomic E-state index is 0.208. The zero-order chi connectivity index (χ0) is 17.5. The number of H-pyrrole nitrogens is 1. The van der Waals surface area contributed by atoms with Gasteiger partial charge in [0, 0.05) is 31.6 Å². The molecule has 4 aliphatic heterocycles. The number of carbonyl (C=O) groups is 1. The summed E-state index contributed by atoms with van der Waals surface area (Å²) in [4.78, 5) is 15.5. The van der Waals surface area contributed by atoms with Crippen molar-refractivity contribution in [1.29, 1.82) is 0 Å². The van der Waals surface area contributed by atoms with E-state index in [0.29, 0.717) is 24.0 Å². The third kappa shape index (κ3) is 2.97. The van der Waals surface area contributed by atoms with Crippen LogP contribution >= 0.6 is 0 Å². The van der Waals surface area contributed by atoms with Crippen molar-refractivity contribution in [2.75, 3.05) is 32.8 Å². The number of benzene rings is 1. The first kappa shape index (κ1) is 16.5. The number of nitrogens with zero attached hydrogens (tertiary/aromatic N) is 2. The van der Waals surface area contributed by atoms with E-state index in [9.17, 15) is 4.79 Å². The molecule has 138 valence electrons. The number of hydrogen-bond donors (Lipinski definition) is 1. The van der Waals surface area contributed by atoms with E-state index in [2.05, 4.69) is 33.3 Å². The Morgan fingerprint density at radius 2 is 2.00 bits per heavy atom. The number of carbonyl (C=O) groups excluding carboxylic acids is 1. The summed E-state index contributed by atoms with van der Waals surface area (Å²) in [6, 6.07) is 6.45. The zero-order valence-electron chi connectivity index (χ0n) is 15.2. The van der Waals surface area contributed by atoms with Crippen LogP contribution in [-0.2, 0) is 4.74 Å². The molecule has 6 rings (SSSR count). The molecule has 0 unspecified atom stereocenters. The smallest absolute Gasteiger partial charge is 0.184 e. The van der Waals surface area contributed by atoms with Gasteiger partial charge in [0.25, 0.3) is 0 Å². The molecule has 4 fully saturated rings. The van der Waals surface area contributed by atoms with Crippen molar-refractivity contribution in [2.45, 2.75) is 38.0 Å². The second-order valence-corrected chi connectivity index (χ2v) is 8.29. The molecular weight excluding hydrogens is 326 g/mol. The lowest BCUT2D eigenvalue weighted by atomic mass is 9.76. The normalized spacial score (nSPS) is 29.3. The van der Waals surface area contributed by atoms with E-state index in [0.717, 1.165) is 49.4 Å². The number of ketones is 1. The van der Waals surface area contributed by atoms with Gasteiger partial charge in [0.2, 0.25) is 0 Å². The average molecular weight is 353 g/mol. The first-order valence-corrected chi connectivity index (χ1v) is 10.1. The third-order valence-electron chi connectivity index (χ3n) is 6.78. The lowest BCUT2D eigenvalue weighted by Crippen LogP contribution is -2.47. The number of hydrogen-bond acceptors (Lipinski definition) is 4. The molecule has 1 atom stereocenters. The topological polar surface area (TPSA) is 58.2 Å². The molecule has 5 heteroatoms. The van der Waals surface area contributed by atoms with Crippen LogP contribution in [0.2, 0.25) is 0 Å². The summed E-state index contributed by atoms with van der Waals surface area (Å²) in [5.74, 6) is 1.98. The van der Waals surface area contributed by atoms with Crippen LogP contribution in [0, 0.1) is 11.8 Å². The van der Waals surface area contributed by atoms with Crippen LogP contribution in [0.1, 0.15) is 54.1 Å². The highest BCUT2D eigenvalue weighted by Gasteiger charge is 2.35. The van der Waals surface area contributed by atoms with Gasteiger partial charge in [-0.3, -0.25) is 9.89 Å². The number of fused-ring (bicyclic) bond motifs is 4. The van der Waals surface area contributed by atoms with Crippen LogP contribution < -0.4 is 0 Å². The minimum Gasteiger partial charge on any atom is -0.381 e. The maximum absolute atomic E-state index is 13.0. The van der Waals surface area contributed by atoms with Crippen molar-refractivity contribution in [2.24, 2.45) is 11.8 Å². The first-order valence-electron chi connectivity index (χ1n) is 10.1. The van der Waals surface area contributed by atoms with E-state index in [1.54, 1.807) is 0 Å². The van der Waals surface area contributed by atoms with Gasteiger partial charge in [-0.15, -0.1) is 0 Å². The van der Waals surface area contributed by atoms with E-state index in [4.69, 9.17) is 4.74 Å².